The molecule has 2 aromatic rings. The highest BCUT2D eigenvalue weighted by atomic mass is 19.1. The van der Waals surface area contributed by atoms with Gasteiger partial charge in [0, 0.05) is 0 Å². The Bertz CT molecular complexity index is 714. The largest absolute Gasteiger partial charge is 0.497 e. The maximum atomic E-state index is 13.7. The van der Waals surface area contributed by atoms with Crippen LogP contribution in [0.4, 0.5) is 4.39 Å². The van der Waals surface area contributed by atoms with Crippen molar-refractivity contribution in [2.45, 2.75) is 31.7 Å². The Labute approximate surface area is 135 Å². The lowest BCUT2D eigenvalue weighted by molar-refractivity contribution is -0.121. The first kappa shape index (κ1) is 15.5. The van der Waals surface area contributed by atoms with Crippen LogP contribution in [0.15, 0.2) is 42.5 Å². The van der Waals surface area contributed by atoms with Gasteiger partial charge in [-0.15, -0.1) is 0 Å². The lowest BCUT2D eigenvalue weighted by Crippen LogP contribution is -2.32. The zero-order valence-electron chi connectivity index (χ0n) is 13.1. The number of benzene rings is 2. The van der Waals surface area contributed by atoms with Gasteiger partial charge in [0.25, 0.3) is 0 Å². The molecule has 0 spiro atoms. The van der Waals surface area contributed by atoms with Gasteiger partial charge in [-0.2, -0.15) is 0 Å². The van der Waals surface area contributed by atoms with Gasteiger partial charge < -0.3 is 10.1 Å². The summed E-state index contributed by atoms with van der Waals surface area (Å²) in [5, 5.41) is 3.04. The van der Waals surface area contributed by atoms with E-state index in [1.54, 1.807) is 25.3 Å². The van der Waals surface area contributed by atoms with E-state index < -0.39 is 0 Å². The first-order valence-electron chi connectivity index (χ1n) is 7.87. The van der Waals surface area contributed by atoms with Crippen LogP contribution < -0.4 is 10.1 Å². The number of nitrogens with one attached hydrogen (secondary N) is 1. The molecule has 1 atom stereocenters. The van der Waals surface area contributed by atoms with E-state index in [1.807, 2.05) is 18.2 Å². The molecule has 3 nitrogen and oxygen atoms in total. The number of hydrogen-bond acceptors (Lipinski definition) is 2. The predicted octanol–water partition coefficient (Wildman–Crippen LogP) is 3.57. The summed E-state index contributed by atoms with van der Waals surface area (Å²) >= 11 is 0. The molecule has 120 valence electrons. The van der Waals surface area contributed by atoms with Crippen LogP contribution >= 0.6 is 0 Å². The second-order valence-electron chi connectivity index (χ2n) is 5.85. The lowest BCUT2D eigenvalue weighted by Gasteiger charge is -2.27. The maximum absolute atomic E-state index is 13.7. The highest BCUT2D eigenvalue weighted by molar-refractivity contribution is 5.79. The Morgan fingerprint density at radius 1 is 1.30 bits per heavy atom. The molecule has 1 amide bonds. The molecule has 1 aliphatic rings. The minimum absolute atomic E-state index is 0.0103. The Hall–Kier alpha value is -2.36. The van der Waals surface area contributed by atoms with Crippen molar-refractivity contribution >= 4 is 5.91 Å². The average molecular weight is 313 g/mol. The number of amides is 1. The molecule has 0 saturated carbocycles. The first-order chi connectivity index (χ1) is 11.2. The number of hydrogen-bond donors (Lipinski definition) is 1. The highest BCUT2D eigenvalue weighted by Gasteiger charge is 2.22. The number of carbonyl (C=O) groups is 1. The Balaban J connectivity index is 1.72. The molecule has 0 heterocycles. The Morgan fingerprint density at radius 3 is 2.91 bits per heavy atom. The number of fused-ring (bicyclic) bond motifs is 1. The van der Waals surface area contributed by atoms with E-state index in [9.17, 15) is 9.18 Å². The fourth-order valence-electron chi connectivity index (χ4n) is 3.13. The Morgan fingerprint density at radius 2 is 2.13 bits per heavy atom. The summed E-state index contributed by atoms with van der Waals surface area (Å²) in [4.78, 5) is 12.3. The third kappa shape index (κ3) is 3.52. The SMILES string of the molecule is COc1ccc2c(c1)CCC[C@@H]2NC(=O)Cc1ccccc1F. The summed E-state index contributed by atoms with van der Waals surface area (Å²) in [6.45, 7) is 0. The molecule has 1 aliphatic carbocycles. The van der Waals surface area contributed by atoms with E-state index in [-0.39, 0.29) is 24.2 Å². The van der Waals surface area contributed by atoms with Crippen molar-refractivity contribution in [3.8, 4) is 5.75 Å². The zero-order chi connectivity index (χ0) is 16.2. The Kier molecular flexibility index (Phi) is 4.60. The summed E-state index contributed by atoms with van der Waals surface area (Å²) in [5.41, 5.74) is 2.78. The zero-order valence-corrected chi connectivity index (χ0v) is 13.1. The lowest BCUT2D eigenvalue weighted by atomic mass is 9.87. The van der Waals surface area contributed by atoms with Crippen molar-refractivity contribution in [3.05, 3.63) is 65.0 Å². The van der Waals surface area contributed by atoms with Crippen LogP contribution in [0.1, 0.15) is 35.6 Å². The van der Waals surface area contributed by atoms with Crippen molar-refractivity contribution in [2.75, 3.05) is 7.11 Å². The maximum Gasteiger partial charge on any atom is 0.225 e. The van der Waals surface area contributed by atoms with E-state index in [0.717, 1.165) is 30.6 Å². The number of carbonyl (C=O) groups excluding carboxylic acids is 1. The van der Waals surface area contributed by atoms with Gasteiger partial charge in [-0.05, 0) is 54.2 Å². The average Bonchev–Trinajstić information content (AvgIpc) is 2.56. The van der Waals surface area contributed by atoms with Gasteiger partial charge in [0.05, 0.1) is 19.6 Å². The standard InChI is InChI=1S/C19H20FNO2/c1-23-15-9-10-16-13(11-15)6-4-8-18(16)21-19(22)12-14-5-2-3-7-17(14)20/h2-3,5,7,9-11,18H,4,6,8,12H2,1H3,(H,21,22)/t18-/m0/s1. The van der Waals surface area contributed by atoms with E-state index in [4.69, 9.17) is 4.74 Å². The van der Waals surface area contributed by atoms with Crippen molar-refractivity contribution in [1.29, 1.82) is 0 Å². The molecule has 0 saturated heterocycles. The highest BCUT2D eigenvalue weighted by Crippen LogP contribution is 2.32. The van der Waals surface area contributed by atoms with Crippen molar-refractivity contribution in [2.24, 2.45) is 0 Å². The molecule has 0 fully saturated rings. The van der Waals surface area contributed by atoms with Gasteiger partial charge in [-0.1, -0.05) is 24.3 Å². The second-order valence-corrected chi connectivity index (χ2v) is 5.85. The number of rotatable bonds is 4. The van der Waals surface area contributed by atoms with E-state index >= 15 is 0 Å². The van der Waals surface area contributed by atoms with Crippen molar-refractivity contribution in [3.63, 3.8) is 0 Å². The molecule has 0 aliphatic heterocycles. The molecule has 23 heavy (non-hydrogen) atoms. The van der Waals surface area contributed by atoms with Gasteiger partial charge in [-0.25, -0.2) is 4.39 Å². The van der Waals surface area contributed by atoms with Gasteiger partial charge in [-0.3, -0.25) is 4.79 Å². The molecule has 0 unspecified atom stereocenters. The third-order valence-corrected chi connectivity index (χ3v) is 4.31. The first-order valence-corrected chi connectivity index (χ1v) is 7.87. The molecule has 4 heteroatoms. The second kappa shape index (κ2) is 6.82. The molecular weight excluding hydrogens is 293 g/mol. The molecule has 1 N–H and O–H groups in total. The topological polar surface area (TPSA) is 38.3 Å². The van der Waals surface area contributed by atoms with Crippen LogP contribution in [0.5, 0.6) is 5.75 Å². The summed E-state index contributed by atoms with van der Waals surface area (Å²) < 4.78 is 18.9. The van der Waals surface area contributed by atoms with E-state index in [1.165, 1.54) is 11.6 Å². The van der Waals surface area contributed by atoms with E-state index in [2.05, 4.69) is 5.32 Å². The van der Waals surface area contributed by atoms with Crippen LogP contribution in [-0.4, -0.2) is 13.0 Å². The monoisotopic (exact) mass is 313 g/mol. The van der Waals surface area contributed by atoms with Crippen LogP contribution in [0.3, 0.4) is 0 Å². The minimum Gasteiger partial charge on any atom is -0.497 e. The number of halogens is 1. The summed E-state index contributed by atoms with van der Waals surface area (Å²) in [6, 6.07) is 12.4. The van der Waals surface area contributed by atoms with Crippen LogP contribution in [0, 0.1) is 5.82 Å². The molecule has 2 aromatic carbocycles. The fourth-order valence-corrected chi connectivity index (χ4v) is 3.13. The minimum atomic E-state index is -0.337. The molecule has 0 aromatic heterocycles. The predicted molar refractivity (Wildman–Crippen MR) is 86.9 cm³/mol. The third-order valence-electron chi connectivity index (χ3n) is 4.31. The van der Waals surface area contributed by atoms with Crippen LogP contribution in [0.25, 0.3) is 0 Å². The normalized spacial score (nSPS) is 16.5. The van der Waals surface area contributed by atoms with Gasteiger partial charge >= 0.3 is 0 Å². The summed E-state index contributed by atoms with van der Waals surface area (Å²) in [6.07, 6.45) is 2.98. The number of aryl methyl sites for hydroxylation is 1. The summed E-state index contributed by atoms with van der Waals surface area (Å²) in [7, 11) is 1.65. The summed E-state index contributed by atoms with van der Waals surface area (Å²) in [5.74, 6) is 0.349. The molecule has 3 rings (SSSR count). The smallest absolute Gasteiger partial charge is 0.225 e. The number of ether oxygens (including phenoxy) is 1. The van der Waals surface area contributed by atoms with Gasteiger partial charge in [0.2, 0.25) is 5.91 Å². The van der Waals surface area contributed by atoms with Crippen LogP contribution in [-0.2, 0) is 17.6 Å². The van der Waals surface area contributed by atoms with Gasteiger partial charge in [0.1, 0.15) is 11.6 Å². The van der Waals surface area contributed by atoms with Crippen molar-refractivity contribution < 1.29 is 13.9 Å². The van der Waals surface area contributed by atoms with Crippen molar-refractivity contribution in [1.82, 2.24) is 5.32 Å². The van der Waals surface area contributed by atoms with Crippen LogP contribution in [0.2, 0.25) is 0 Å². The molecule has 0 radical (unpaired) electrons. The van der Waals surface area contributed by atoms with E-state index in [0.29, 0.717) is 5.56 Å². The molecule has 0 bridgehead atoms. The number of methoxy groups -OCH3 is 1. The fraction of sp³-hybridized carbons (Fsp3) is 0.316. The van der Waals surface area contributed by atoms with Gasteiger partial charge in [0.15, 0.2) is 0 Å². The quantitative estimate of drug-likeness (QED) is 0.937. The molecular formula is C19H20FNO2.